The van der Waals surface area contributed by atoms with Crippen molar-refractivity contribution in [1.82, 2.24) is 15.3 Å². The van der Waals surface area contributed by atoms with E-state index in [0.29, 0.717) is 11.4 Å². The minimum absolute atomic E-state index is 0. The molecule has 0 fully saturated rings. The fraction of sp³-hybridized carbons (Fsp3) is 0.400. The summed E-state index contributed by atoms with van der Waals surface area (Å²) < 4.78 is 0. The number of amides is 1. The fourth-order valence-electron chi connectivity index (χ4n) is 1.96. The number of aromatic nitrogens is 2. The summed E-state index contributed by atoms with van der Waals surface area (Å²) in [6.45, 7) is 2.58. The third kappa shape index (κ3) is 6.43. The molecule has 1 amide bonds. The topological polar surface area (TPSA) is 80.9 Å². The number of rotatable bonds is 7. The van der Waals surface area contributed by atoms with Gasteiger partial charge in [0.05, 0.1) is 6.20 Å². The second-order valence-corrected chi connectivity index (χ2v) is 5.84. The van der Waals surface area contributed by atoms with Crippen molar-refractivity contribution in [3.63, 3.8) is 0 Å². The van der Waals surface area contributed by atoms with Crippen LogP contribution in [0.3, 0.4) is 0 Å². The minimum Gasteiger partial charge on any atom is -0.347 e. The molecule has 0 saturated heterocycles. The van der Waals surface area contributed by atoms with Gasteiger partial charge in [-0.25, -0.2) is 4.98 Å². The molecule has 3 N–H and O–H groups in total. The molecule has 8 heteroatoms. The molecule has 23 heavy (non-hydrogen) atoms. The van der Waals surface area contributed by atoms with Crippen molar-refractivity contribution >= 4 is 42.1 Å². The standard InChI is InChI=1S/C15H20N4OS.2ClH/c1-2-3-4-12(9-16)19-14(20)13-10-18-15(21-13)11-5-7-17-8-6-11;;/h5-8,10,12H,2-4,9,16H2,1H3,(H,19,20);2*1H. The number of nitrogens with zero attached hydrogens (tertiary/aromatic N) is 2. The van der Waals surface area contributed by atoms with Crippen LogP contribution < -0.4 is 11.1 Å². The van der Waals surface area contributed by atoms with Gasteiger partial charge in [0, 0.05) is 30.5 Å². The number of thiazole rings is 1. The van der Waals surface area contributed by atoms with E-state index >= 15 is 0 Å². The number of hydrogen-bond acceptors (Lipinski definition) is 5. The summed E-state index contributed by atoms with van der Waals surface area (Å²) in [5.41, 5.74) is 6.67. The average molecular weight is 377 g/mol. The zero-order valence-corrected chi connectivity index (χ0v) is 15.3. The summed E-state index contributed by atoms with van der Waals surface area (Å²) in [6, 6.07) is 3.79. The maximum atomic E-state index is 12.2. The molecule has 2 aromatic heterocycles. The summed E-state index contributed by atoms with van der Waals surface area (Å²) in [4.78, 5) is 21.1. The van der Waals surface area contributed by atoms with Crippen LogP contribution in [0.25, 0.3) is 10.6 Å². The Labute approximate surface area is 152 Å². The Morgan fingerprint density at radius 3 is 2.65 bits per heavy atom. The Morgan fingerprint density at radius 1 is 1.35 bits per heavy atom. The number of nitrogens with two attached hydrogens (primary N) is 1. The van der Waals surface area contributed by atoms with Crippen molar-refractivity contribution in [1.29, 1.82) is 0 Å². The highest BCUT2D eigenvalue weighted by Crippen LogP contribution is 2.24. The minimum atomic E-state index is -0.0978. The summed E-state index contributed by atoms with van der Waals surface area (Å²) in [6.07, 6.45) is 8.11. The van der Waals surface area contributed by atoms with E-state index in [1.807, 2.05) is 12.1 Å². The van der Waals surface area contributed by atoms with Crippen molar-refractivity contribution in [2.75, 3.05) is 6.54 Å². The molecule has 5 nitrogen and oxygen atoms in total. The lowest BCUT2D eigenvalue weighted by molar-refractivity contribution is 0.0939. The van der Waals surface area contributed by atoms with E-state index < -0.39 is 0 Å². The largest absolute Gasteiger partial charge is 0.347 e. The van der Waals surface area contributed by atoms with Crippen LogP contribution in [0, 0.1) is 0 Å². The summed E-state index contributed by atoms with van der Waals surface area (Å²) >= 11 is 1.38. The van der Waals surface area contributed by atoms with Crippen LogP contribution in [-0.4, -0.2) is 28.5 Å². The molecule has 0 radical (unpaired) electrons. The monoisotopic (exact) mass is 376 g/mol. The van der Waals surface area contributed by atoms with Crippen molar-refractivity contribution in [3.05, 3.63) is 35.6 Å². The first-order chi connectivity index (χ1) is 10.2. The Balaban J connectivity index is 0.00000242. The van der Waals surface area contributed by atoms with E-state index in [1.165, 1.54) is 11.3 Å². The average Bonchev–Trinajstić information content (AvgIpc) is 3.02. The quantitative estimate of drug-likeness (QED) is 0.776. The highest BCUT2D eigenvalue weighted by Gasteiger charge is 2.15. The van der Waals surface area contributed by atoms with Crippen molar-refractivity contribution in [2.45, 2.75) is 32.2 Å². The first-order valence-corrected chi connectivity index (χ1v) is 7.93. The maximum Gasteiger partial charge on any atom is 0.263 e. The van der Waals surface area contributed by atoms with E-state index in [2.05, 4.69) is 22.2 Å². The van der Waals surface area contributed by atoms with E-state index in [-0.39, 0.29) is 36.8 Å². The number of carbonyl (C=O) groups excluding carboxylic acids is 1. The van der Waals surface area contributed by atoms with Gasteiger partial charge in [-0.1, -0.05) is 19.8 Å². The number of pyridine rings is 1. The lowest BCUT2D eigenvalue weighted by Crippen LogP contribution is -2.39. The Morgan fingerprint density at radius 2 is 2.04 bits per heavy atom. The molecule has 2 rings (SSSR count). The van der Waals surface area contributed by atoms with Gasteiger partial charge < -0.3 is 11.1 Å². The predicted molar refractivity (Wildman–Crippen MR) is 99.7 cm³/mol. The number of unbranched alkanes of at least 4 members (excludes halogenated alkanes) is 1. The Hall–Kier alpha value is -1.21. The third-order valence-corrected chi connectivity index (χ3v) is 4.23. The smallest absolute Gasteiger partial charge is 0.263 e. The SMILES string of the molecule is CCCCC(CN)NC(=O)c1cnc(-c2ccncc2)s1.Cl.Cl. The lowest BCUT2D eigenvalue weighted by atomic mass is 10.1. The van der Waals surface area contributed by atoms with Gasteiger partial charge in [-0.15, -0.1) is 36.2 Å². The number of nitrogens with one attached hydrogen (secondary N) is 1. The van der Waals surface area contributed by atoms with Crippen LogP contribution >= 0.6 is 36.2 Å². The molecule has 1 atom stereocenters. The molecule has 0 bridgehead atoms. The maximum absolute atomic E-state index is 12.2. The Kier molecular flexibility index (Phi) is 10.7. The van der Waals surface area contributed by atoms with Crippen LogP contribution in [-0.2, 0) is 0 Å². The molecule has 2 aromatic rings. The molecule has 0 aromatic carbocycles. The molecule has 0 aliphatic carbocycles. The van der Waals surface area contributed by atoms with Crippen LogP contribution in [0.5, 0.6) is 0 Å². The van der Waals surface area contributed by atoms with E-state index in [0.717, 1.165) is 29.8 Å². The van der Waals surface area contributed by atoms with E-state index in [1.54, 1.807) is 18.6 Å². The lowest BCUT2D eigenvalue weighted by Gasteiger charge is -2.15. The summed E-state index contributed by atoms with van der Waals surface area (Å²) in [7, 11) is 0. The third-order valence-electron chi connectivity index (χ3n) is 3.18. The van der Waals surface area contributed by atoms with Crippen molar-refractivity contribution < 1.29 is 4.79 Å². The molecule has 2 heterocycles. The fourth-order valence-corrected chi connectivity index (χ4v) is 2.79. The van der Waals surface area contributed by atoms with E-state index in [4.69, 9.17) is 5.73 Å². The summed E-state index contributed by atoms with van der Waals surface area (Å²) in [5.74, 6) is -0.0978. The second kappa shape index (κ2) is 11.3. The molecular weight excluding hydrogens is 355 g/mol. The zero-order chi connectivity index (χ0) is 15.1. The van der Waals surface area contributed by atoms with Gasteiger partial charge in [-0.3, -0.25) is 9.78 Å². The first kappa shape index (κ1) is 21.8. The number of carbonyl (C=O) groups is 1. The molecule has 0 spiro atoms. The van der Waals surface area contributed by atoms with Gasteiger partial charge in [0.2, 0.25) is 0 Å². The van der Waals surface area contributed by atoms with Crippen molar-refractivity contribution in [2.24, 2.45) is 5.73 Å². The van der Waals surface area contributed by atoms with Gasteiger partial charge in [0.15, 0.2) is 0 Å². The molecular formula is C15H22Cl2N4OS. The molecule has 0 aliphatic heterocycles. The molecule has 0 aliphatic rings. The van der Waals surface area contributed by atoms with Crippen molar-refractivity contribution in [3.8, 4) is 10.6 Å². The molecule has 1 unspecified atom stereocenters. The van der Waals surface area contributed by atoms with Crippen LogP contribution in [0.15, 0.2) is 30.7 Å². The molecule has 128 valence electrons. The van der Waals surface area contributed by atoms with Crippen LogP contribution in [0.1, 0.15) is 35.9 Å². The molecule has 0 saturated carbocycles. The number of hydrogen-bond donors (Lipinski definition) is 2. The van der Waals surface area contributed by atoms with Gasteiger partial charge in [-0.2, -0.15) is 0 Å². The summed E-state index contributed by atoms with van der Waals surface area (Å²) in [5, 5.41) is 3.80. The highest BCUT2D eigenvalue weighted by molar-refractivity contribution is 7.16. The van der Waals surface area contributed by atoms with Gasteiger partial charge >= 0.3 is 0 Å². The normalized spacial score (nSPS) is 11.0. The predicted octanol–water partition coefficient (Wildman–Crippen LogP) is 3.30. The number of halogens is 2. The zero-order valence-electron chi connectivity index (χ0n) is 12.9. The highest BCUT2D eigenvalue weighted by atomic mass is 35.5. The van der Waals surface area contributed by atoms with Crippen LogP contribution in [0.4, 0.5) is 0 Å². The second-order valence-electron chi connectivity index (χ2n) is 4.81. The Bertz CT molecular complexity index is 580. The van der Waals surface area contributed by atoms with Crippen LogP contribution in [0.2, 0.25) is 0 Å². The van der Waals surface area contributed by atoms with Gasteiger partial charge in [-0.05, 0) is 18.6 Å². The van der Waals surface area contributed by atoms with Gasteiger partial charge in [0.1, 0.15) is 9.88 Å². The van der Waals surface area contributed by atoms with Gasteiger partial charge in [0.25, 0.3) is 5.91 Å². The van der Waals surface area contributed by atoms with E-state index in [9.17, 15) is 4.79 Å². The first-order valence-electron chi connectivity index (χ1n) is 7.11.